The molecule has 2 aliphatic heterocycles. The van der Waals surface area contributed by atoms with Crippen molar-refractivity contribution in [2.45, 2.75) is 12.8 Å². The Morgan fingerprint density at radius 3 is 2.83 bits per heavy atom. The third-order valence-corrected chi connectivity index (χ3v) is 2.69. The van der Waals surface area contributed by atoms with Crippen LogP contribution in [0, 0.1) is 0 Å². The molecule has 1 saturated heterocycles. The quantitative estimate of drug-likeness (QED) is 0.450. The molecule has 1 unspecified atom stereocenters. The minimum Gasteiger partial charge on any atom is -1.00 e. The van der Waals surface area contributed by atoms with Crippen molar-refractivity contribution in [2.24, 2.45) is 4.99 Å². The zero-order valence-corrected chi connectivity index (χ0v) is 9.10. The lowest BCUT2D eigenvalue weighted by Crippen LogP contribution is -3.00. The summed E-state index contributed by atoms with van der Waals surface area (Å²) in [7, 11) is 2.28. The molecule has 1 atom stereocenters. The maximum Gasteiger partial charge on any atom is 0.297 e. The number of fused-ring (bicyclic) bond motifs is 1. The Balaban J connectivity index is 0.000000720. The molecule has 0 amide bonds. The van der Waals surface area contributed by atoms with Crippen LogP contribution in [-0.2, 0) is 0 Å². The van der Waals surface area contributed by atoms with Crippen LogP contribution in [0.25, 0.3) is 0 Å². The zero-order chi connectivity index (χ0) is 7.73. The van der Waals surface area contributed by atoms with Gasteiger partial charge in [-0.1, -0.05) is 0 Å². The van der Waals surface area contributed by atoms with Crippen molar-refractivity contribution >= 4 is 5.96 Å². The molecule has 0 aromatic carbocycles. The molecule has 0 radical (unpaired) electrons. The average Bonchev–Trinajstić information content (AvgIpc) is 2.03. The van der Waals surface area contributed by atoms with E-state index in [4.69, 9.17) is 0 Å². The number of hydrogen-bond donors (Lipinski definition) is 1. The van der Waals surface area contributed by atoms with Crippen LogP contribution >= 0.6 is 0 Å². The Bertz CT molecular complexity index is 193. The molecule has 0 aliphatic carbocycles. The standard InChI is InChI=1S/C8H16N3.BrH/c1-11-6-2-4-9-8(11)10-5-3-7-11;/h2-7H2,1H3,(H,9,10);1H/q+1;/p-1. The van der Waals surface area contributed by atoms with Gasteiger partial charge in [0.2, 0.25) is 0 Å². The lowest BCUT2D eigenvalue weighted by molar-refractivity contribution is -0.828. The second-order valence-electron chi connectivity index (χ2n) is 3.68. The number of rotatable bonds is 0. The van der Waals surface area contributed by atoms with Crippen molar-refractivity contribution in [1.82, 2.24) is 5.32 Å². The van der Waals surface area contributed by atoms with E-state index in [0.29, 0.717) is 0 Å². The number of guanidine groups is 1. The third kappa shape index (κ3) is 1.64. The predicted octanol–water partition coefficient (Wildman–Crippen LogP) is -2.81. The van der Waals surface area contributed by atoms with E-state index in [1.807, 2.05) is 0 Å². The Labute approximate surface area is 84.2 Å². The molecule has 4 heteroatoms. The van der Waals surface area contributed by atoms with Gasteiger partial charge in [0.05, 0.1) is 26.7 Å². The monoisotopic (exact) mass is 233 g/mol. The van der Waals surface area contributed by atoms with Crippen molar-refractivity contribution in [2.75, 3.05) is 33.2 Å². The van der Waals surface area contributed by atoms with Gasteiger partial charge in [-0.05, 0) is 0 Å². The van der Waals surface area contributed by atoms with E-state index in [1.165, 1.54) is 31.9 Å². The number of hydrogen-bond acceptors (Lipinski definition) is 2. The summed E-state index contributed by atoms with van der Waals surface area (Å²) in [5.74, 6) is 1.22. The largest absolute Gasteiger partial charge is 1.00 e. The Morgan fingerprint density at radius 1 is 1.33 bits per heavy atom. The minimum atomic E-state index is 0. The van der Waals surface area contributed by atoms with E-state index < -0.39 is 0 Å². The van der Waals surface area contributed by atoms with Crippen LogP contribution in [0.1, 0.15) is 12.8 Å². The lowest BCUT2D eigenvalue weighted by Gasteiger charge is -2.39. The smallest absolute Gasteiger partial charge is 0.297 e. The molecule has 0 spiro atoms. The SMILES string of the molecule is C[N+]12CCCN=C1NCCC2.[Br-]. The molecule has 0 aromatic heterocycles. The second kappa shape index (κ2) is 3.75. The second-order valence-corrected chi connectivity index (χ2v) is 3.68. The summed E-state index contributed by atoms with van der Waals surface area (Å²) in [6.45, 7) is 4.68. The van der Waals surface area contributed by atoms with Crippen LogP contribution in [0.4, 0.5) is 0 Å². The molecule has 70 valence electrons. The fourth-order valence-electron chi connectivity index (χ4n) is 1.97. The molecule has 0 aromatic rings. The van der Waals surface area contributed by atoms with Crippen LogP contribution in [0.3, 0.4) is 0 Å². The first kappa shape index (κ1) is 9.99. The highest BCUT2D eigenvalue weighted by molar-refractivity contribution is 5.73. The van der Waals surface area contributed by atoms with E-state index >= 15 is 0 Å². The van der Waals surface area contributed by atoms with Crippen LogP contribution in [-0.4, -0.2) is 43.7 Å². The first-order valence-electron chi connectivity index (χ1n) is 4.45. The molecule has 1 fully saturated rings. The van der Waals surface area contributed by atoms with Gasteiger partial charge in [0.25, 0.3) is 5.96 Å². The van der Waals surface area contributed by atoms with Crippen LogP contribution in [0.15, 0.2) is 4.99 Å². The highest BCUT2D eigenvalue weighted by atomic mass is 79.9. The van der Waals surface area contributed by atoms with Gasteiger partial charge in [0.1, 0.15) is 0 Å². The minimum absolute atomic E-state index is 0. The Morgan fingerprint density at radius 2 is 2.08 bits per heavy atom. The highest BCUT2D eigenvalue weighted by Gasteiger charge is 2.33. The summed E-state index contributed by atoms with van der Waals surface area (Å²) < 4.78 is 1.06. The fourth-order valence-corrected chi connectivity index (χ4v) is 1.97. The summed E-state index contributed by atoms with van der Waals surface area (Å²) in [5.41, 5.74) is 0. The van der Waals surface area contributed by atoms with Gasteiger partial charge in [-0.25, -0.2) is 4.99 Å². The van der Waals surface area contributed by atoms with Crippen molar-refractivity contribution < 1.29 is 21.5 Å². The Kier molecular flexibility index (Phi) is 3.12. The number of nitrogens with one attached hydrogen (secondary N) is 1. The molecule has 0 bridgehead atoms. The highest BCUT2D eigenvalue weighted by Crippen LogP contribution is 2.14. The van der Waals surface area contributed by atoms with Crippen LogP contribution < -0.4 is 22.3 Å². The van der Waals surface area contributed by atoms with Crippen molar-refractivity contribution in [3.8, 4) is 0 Å². The van der Waals surface area contributed by atoms with E-state index in [1.54, 1.807) is 0 Å². The topological polar surface area (TPSA) is 24.4 Å². The van der Waals surface area contributed by atoms with Gasteiger partial charge < -0.3 is 22.3 Å². The summed E-state index contributed by atoms with van der Waals surface area (Å²) in [6.07, 6.45) is 2.54. The van der Waals surface area contributed by atoms with Gasteiger partial charge in [-0.3, -0.25) is 4.48 Å². The van der Waals surface area contributed by atoms with Crippen molar-refractivity contribution in [3.05, 3.63) is 0 Å². The molecule has 12 heavy (non-hydrogen) atoms. The maximum absolute atomic E-state index is 4.50. The zero-order valence-electron chi connectivity index (χ0n) is 7.52. The van der Waals surface area contributed by atoms with Gasteiger partial charge in [0, 0.05) is 19.4 Å². The van der Waals surface area contributed by atoms with Crippen LogP contribution in [0.2, 0.25) is 0 Å². The summed E-state index contributed by atoms with van der Waals surface area (Å²) in [5, 5.41) is 3.38. The summed E-state index contributed by atoms with van der Waals surface area (Å²) >= 11 is 0. The van der Waals surface area contributed by atoms with Gasteiger partial charge >= 0.3 is 0 Å². The lowest BCUT2D eigenvalue weighted by atomic mass is 10.2. The van der Waals surface area contributed by atoms with E-state index in [-0.39, 0.29) is 17.0 Å². The number of aliphatic imine (C=N–C) groups is 1. The number of nitrogens with zero attached hydrogens (tertiary/aromatic N) is 2. The molecule has 2 aliphatic rings. The summed E-state index contributed by atoms with van der Waals surface area (Å²) in [4.78, 5) is 4.50. The molecule has 3 nitrogen and oxygen atoms in total. The molecule has 1 N–H and O–H groups in total. The van der Waals surface area contributed by atoms with Crippen molar-refractivity contribution in [1.29, 1.82) is 0 Å². The predicted molar refractivity (Wildman–Crippen MR) is 45.5 cm³/mol. The summed E-state index contributed by atoms with van der Waals surface area (Å²) in [6, 6.07) is 0. The molecule has 2 rings (SSSR count). The molecule has 2 heterocycles. The number of quaternary nitrogens is 1. The molecular formula is C8H16BrN3. The van der Waals surface area contributed by atoms with Gasteiger partial charge in [-0.2, -0.15) is 0 Å². The first-order valence-corrected chi connectivity index (χ1v) is 4.45. The van der Waals surface area contributed by atoms with Gasteiger partial charge in [0.15, 0.2) is 0 Å². The normalized spacial score (nSPS) is 33.9. The number of halogens is 1. The maximum atomic E-state index is 4.50. The first-order chi connectivity index (χ1) is 5.31. The average molecular weight is 234 g/mol. The van der Waals surface area contributed by atoms with E-state index in [9.17, 15) is 0 Å². The fraction of sp³-hybridized carbons (Fsp3) is 0.875. The molecule has 0 saturated carbocycles. The third-order valence-electron chi connectivity index (χ3n) is 2.69. The Hall–Kier alpha value is -0.0900. The van der Waals surface area contributed by atoms with Crippen LogP contribution in [0.5, 0.6) is 0 Å². The van der Waals surface area contributed by atoms with E-state index in [2.05, 4.69) is 17.4 Å². The van der Waals surface area contributed by atoms with E-state index in [0.717, 1.165) is 17.6 Å². The van der Waals surface area contributed by atoms with Crippen molar-refractivity contribution in [3.63, 3.8) is 0 Å². The van der Waals surface area contributed by atoms with Gasteiger partial charge in [-0.15, -0.1) is 0 Å². The molecular weight excluding hydrogens is 218 g/mol.